The summed E-state index contributed by atoms with van der Waals surface area (Å²) >= 11 is 0. The third kappa shape index (κ3) is 2.46. The van der Waals surface area contributed by atoms with Crippen molar-refractivity contribution in [3.05, 3.63) is 109 Å². The maximum atomic E-state index is 5.16. The molecule has 136 valence electrons. The standard InChI is InChI=1S/C27H18N2/c1-3-10-20(11-4-1)27-28-26-24-16-15-19-9-7-8-14-22(19)23(24)17-18-25(26)29(27)21-12-5-2-6-13-21/h1-18H. The van der Waals surface area contributed by atoms with Gasteiger partial charge < -0.3 is 0 Å². The molecule has 0 unspecified atom stereocenters. The van der Waals surface area contributed by atoms with Gasteiger partial charge in [0.15, 0.2) is 0 Å². The Bertz CT molecular complexity index is 1480. The van der Waals surface area contributed by atoms with Crippen molar-refractivity contribution in [1.29, 1.82) is 0 Å². The van der Waals surface area contributed by atoms with Gasteiger partial charge in [0.05, 0.1) is 11.0 Å². The Hall–Kier alpha value is -3.91. The van der Waals surface area contributed by atoms with Crippen LogP contribution in [0, 0.1) is 0 Å². The van der Waals surface area contributed by atoms with Crippen LogP contribution in [0.5, 0.6) is 0 Å². The topological polar surface area (TPSA) is 17.8 Å². The Morgan fingerprint density at radius 1 is 0.517 bits per heavy atom. The number of benzene rings is 5. The van der Waals surface area contributed by atoms with Gasteiger partial charge in [0, 0.05) is 16.6 Å². The van der Waals surface area contributed by atoms with Crippen molar-refractivity contribution in [3.63, 3.8) is 0 Å². The van der Waals surface area contributed by atoms with Gasteiger partial charge in [-0.1, -0.05) is 91.0 Å². The van der Waals surface area contributed by atoms with Crippen molar-refractivity contribution < 1.29 is 0 Å². The first-order chi connectivity index (χ1) is 14.4. The molecule has 0 aliphatic carbocycles. The lowest BCUT2D eigenvalue weighted by atomic mass is 10.0. The van der Waals surface area contributed by atoms with E-state index in [-0.39, 0.29) is 0 Å². The molecule has 29 heavy (non-hydrogen) atoms. The quantitative estimate of drug-likeness (QED) is 0.300. The van der Waals surface area contributed by atoms with E-state index < -0.39 is 0 Å². The molecule has 0 atom stereocenters. The summed E-state index contributed by atoms with van der Waals surface area (Å²) in [4.78, 5) is 5.16. The lowest BCUT2D eigenvalue weighted by Crippen LogP contribution is -1.97. The molecule has 1 heterocycles. The molecule has 0 fully saturated rings. The van der Waals surface area contributed by atoms with Crippen molar-refractivity contribution >= 4 is 32.6 Å². The zero-order valence-corrected chi connectivity index (χ0v) is 15.8. The molecule has 0 saturated carbocycles. The van der Waals surface area contributed by atoms with Gasteiger partial charge in [-0.05, 0) is 34.4 Å². The van der Waals surface area contributed by atoms with Gasteiger partial charge in [-0.15, -0.1) is 0 Å². The van der Waals surface area contributed by atoms with Gasteiger partial charge in [0.1, 0.15) is 5.82 Å². The molecule has 0 bridgehead atoms. The van der Waals surface area contributed by atoms with Crippen LogP contribution in [0.3, 0.4) is 0 Å². The third-order valence-corrected chi connectivity index (χ3v) is 5.59. The number of hydrogen-bond acceptors (Lipinski definition) is 1. The van der Waals surface area contributed by atoms with Gasteiger partial charge in [-0.25, -0.2) is 4.98 Å². The van der Waals surface area contributed by atoms with E-state index in [9.17, 15) is 0 Å². The monoisotopic (exact) mass is 370 g/mol. The van der Waals surface area contributed by atoms with E-state index in [2.05, 4.69) is 102 Å². The van der Waals surface area contributed by atoms with E-state index in [0.717, 1.165) is 28.1 Å². The Morgan fingerprint density at radius 2 is 1.21 bits per heavy atom. The van der Waals surface area contributed by atoms with Crippen molar-refractivity contribution in [3.8, 4) is 17.1 Å². The summed E-state index contributed by atoms with van der Waals surface area (Å²) in [7, 11) is 0. The summed E-state index contributed by atoms with van der Waals surface area (Å²) in [6, 6.07) is 38.3. The van der Waals surface area contributed by atoms with E-state index >= 15 is 0 Å². The number of aromatic nitrogens is 2. The average Bonchev–Trinajstić information content (AvgIpc) is 3.20. The molecule has 6 aromatic rings. The highest BCUT2D eigenvalue weighted by atomic mass is 15.1. The minimum absolute atomic E-state index is 0.965. The maximum absolute atomic E-state index is 5.16. The first-order valence-corrected chi connectivity index (χ1v) is 9.84. The minimum atomic E-state index is 0.965. The van der Waals surface area contributed by atoms with Crippen LogP contribution in [0.2, 0.25) is 0 Å². The number of rotatable bonds is 2. The first kappa shape index (κ1) is 16.1. The van der Waals surface area contributed by atoms with Gasteiger partial charge >= 0.3 is 0 Å². The van der Waals surface area contributed by atoms with Gasteiger partial charge in [-0.3, -0.25) is 4.57 Å². The second kappa shape index (κ2) is 6.32. The van der Waals surface area contributed by atoms with Crippen LogP contribution in [0.1, 0.15) is 0 Å². The number of hydrogen-bond donors (Lipinski definition) is 0. The van der Waals surface area contributed by atoms with E-state index in [1.807, 2.05) is 12.1 Å². The summed E-state index contributed by atoms with van der Waals surface area (Å²) in [5, 5.41) is 4.95. The summed E-state index contributed by atoms with van der Waals surface area (Å²) in [6.45, 7) is 0. The predicted octanol–water partition coefficient (Wildman–Crippen LogP) is 7.00. The van der Waals surface area contributed by atoms with E-state index in [1.54, 1.807) is 0 Å². The van der Waals surface area contributed by atoms with Crippen LogP contribution < -0.4 is 0 Å². The fraction of sp³-hybridized carbons (Fsp3) is 0. The lowest BCUT2D eigenvalue weighted by molar-refractivity contribution is 1.10. The third-order valence-electron chi connectivity index (χ3n) is 5.59. The highest BCUT2D eigenvalue weighted by Crippen LogP contribution is 2.35. The number of nitrogens with zero attached hydrogens (tertiary/aromatic N) is 2. The molecule has 0 aliphatic rings. The number of imidazole rings is 1. The minimum Gasteiger partial charge on any atom is -0.292 e. The highest BCUT2D eigenvalue weighted by Gasteiger charge is 2.16. The van der Waals surface area contributed by atoms with E-state index in [4.69, 9.17) is 4.98 Å². The Balaban J connectivity index is 1.76. The Labute approximate surface area is 168 Å². The molecule has 6 rings (SSSR count). The zero-order chi connectivity index (χ0) is 19.2. The molecule has 0 spiro atoms. The van der Waals surface area contributed by atoms with Gasteiger partial charge in [0.2, 0.25) is 0 Å². The van der Waals surface area contributed by atoms with E-state index in [0.29, 0.717) is 0 Å². The van der Waals surface area contributed by atoms with Gasteiger partial charge in [-0.2, -0.15) is 0 Å². The molecule has 0 radical (unpaired) electrons. The van der Waals surface area contributed by atoms with Crippen molar-refractivity contribution in [2.45, 2.75) is 0 Å². The SMILES string of the molecule is c1ccc(-c2nc3c4ccc5ccccc5c4ccc3n2-c2ccccc2)cc1. The first-order valence-electron chi connectivity index (χ1n) is 9.84. The van der Waals surface area contributed by atoms with Crippen LogP contribution in [0.25, 0.3) is 49.7 Å². The summed E-state index contributed by atoms with van der Waals surface area (Å²) < 4.78 is 2.26. The van der Waals surface area contributed by atoms with Crippen molar-refractivity contribution in [1.82, 2.24) is 9.55 Å². The van der Waals surface area contributed by atoms with E-state index in [1.165, 1.54) is 21.5 Å². The number of fused-ring (bicyclic) bond motifs is 5. The molecular formula is C27H18N2. The zero-order valence-electron chi connectivity index (χ0n) is 15.8. The Kier molecular flexibility index (Phi) is 3.50. The fourth-order valence-electron chi connectivity index (χ4n) is 4.25. The average molecular weight is 370 g/mol. The molecule has 0 amide bonds. The summed E-state index contributed by atoms with van der Waals surface area (Å²) in [6.07, 6.45) is 0. The molecule has 2 heteroatoms. The van der Waals surface area contributed by atoms with Crippen LogP contribution >= 0.6 is 0 Å². The molecule has 2 nitrogen and oxygen atoms in total. The largest absolute Gasteiger partial charge is 0.292 e. The van der Waals surface area contributed by atoms with Gasteiger partial charge in [0.25, 0.3) is 0 Å². The van der Waals surface area contributed by atoms with Crippen LogP contribution in [-0.4, -0.2) is 9.55 Å². The van der Waals surface area contributed by atoms with Crippen molar-refractivity contribution in [2.24, 2.45) is 0 Å². The summed E-state index contributed by atoms with van der Waals surface area (Å²) in [5.74, 6) is 0.965. The molecule has 5 aromatic carbocycles. The second-order valence-corrected chi connectivity index (χ2v) is 7.29. The summed E-state index contributed by atoms with van der Waals surface area (Å²) in [5.41, 5.74) is 4.39. The molecule has 0 N–H and O–H groups in total. The number of para-hydroxylation sites is 1. The van der Waals surface area contributed by atoms with Crippen LogP contribution in [0.4, 0.5) is 0 Å². The lowest BCUT2D eigenvalue weighted by Gasteiger charge is -2.10. The normalized spacial score (nSPS) is 11.4. The van der Waals surface area contributed by atoms with Crippen molar-refractivity contribution in [2.75, 3.05) is 0 Å². The molecule has 0 aliphatic heterocycles. The molecule has 1 aromatic heterocycles. The predicted molar refractivity (Wildman–Crippen MR) is 122 cm³/mol. The smallest absolute Gasteiger partial charge is 0.145 e. The highest BCUT2D eigenvalue weighted by molar-refractivity contribution is 6.16. The molecular weight excluding hydrogens is 352 g/mol. The fourth-order valence-corrected chi connectivity index (χ4v) is 4.25. The Morgan fingerprint density at radius 3 is 2.03 bits per heavy atom. The molecule has 0 saturated heterocycles. The maximum Gasteiger partial charge on any atom is 0.145 e. The van der Waals surface area contributed by atoms with Crippen LogP contribution in [0.15, 0.2) is 109 Å². The second-order valence-electron chi connectivity index (χ2n) is 7.29. The van der Waals surface area contributed by atoms with Crippen LogP contribution in [-0.2, 0) is 0 Å².